The van der Waals surface area contributed by atoms with Crippen molar-refractivity contribution in [3.63, 3.8) is 0 Å². The first kappa shape index (κ1) is 17.6. The van der Waals surface area contributed by atoms with Gasteiger partial charge in [-0.1, -0.05) is 0 Å². The van der Waals surface area contributed by atoms with Crippen LogP contribution < -0.4 is 19.5 Å². The highest BCUT2D eigenvalue weighted by molar-refractivity contribution is 5.90. The summed E-state index contributed by atoms with van der Waals surface area (Å²) in [5.74, 6) is 1.11. The highest BCUT2D eigenvalue weighted by atomic mass is 19.1. The Bertz CT molecular complexity index is 676. The monoisotopic (exact) mass is 333 g/mol. The van der Waals surface area contributed by atoms with E-state index in [1.54, 1.807) is 14.2 Å². The molecule has 0 bridgehead atoms. The van der Waals surface area contributed by atoms with E-state index in [1.165, 1.54) is 31.4 Å². The predicted octanol–water partition coefficient (Wildman–Crippen LogP) is 3.42. The lowest BCUT2D eigenvalue weighted by atomic mass is 10.1. The Morgan fingerprint density at radius 3 is 2.08 bits per heavy atom. The topological polar surface area (TPSA) is 56.8 Å². The second-order valence-electron chi connectivity index (χ2n) is 5.09. The number of ether oxygens (including phenoxy) is 3. The Kier molecular flexibility index (Phi) is 6.01. The zero-order valence-electron chi connectivity index (χ0n) is 13.9. The smallest absolute Gasteiger partial charge is 0.224 e. The number of rotatable bonds is 7. The van der Waals surface area contributed by atoms with Crippen LogP contribution in [0.25, 0.3) is 0 Å². The molecule has 0 fully saturated rings. The van der Waals surface area contributed by atoms with E-state index in [0.29, 0.717) is 29.4 Å². The molecule has 0 unspecified atom stereocenters. The van der Waals surface area contributed by atoms with Crippen LogP contribution in [0.1, 0.15) is 12.0 Å². The van der Waals surface area contributed by atoms with Crippen molar-refractivity contribution in [2.45, 2.75) is 12.8 Å². The first-order chi connectivity index (χ1) is 11.6. The van der Waals surface area contributed by atoms with Crippen molar-refractivity contribution in [2.75, 3.05) is 26.6 Å². The number of carbonyl (C=O) groups excluding carboxylic acids is 1. The van der Waals surface area contributed by atoms with Gasteiger partial charge in [-0.05, 0) is 48.4 Å². The molecule has 0 radical (unpaired) electrons. The fourth-order valence-corrected chi connectivity index (χ4v) is 2.29. The Morgan fingerprint density at radius 2 is 1.58 bits per heavy atom. The number of aryl methyl sites for hydroxylation is 1. The van der Waals surface area contributed by atoms with Gasteiger partial charge < -0.3 is 19.5 Å². The second-order valence-corrected chi connectivity index (χ2v) is 5.09. The molecule has 24 heavy (non-hydrogen) atoms. The summed E-state index contributed by atoms with van der Waals surface area (Å²) < 4.78 is 28.7. The number of hydrogen-bond donors (Lipinski definition) is 1. The third kappa shape index (κ3) is 4.38. The molecule has 0 atom stereocenters. The molecule has 5 nitrogen and oxygen atoms in total. The maximum Gasteiger partial charge on any atom is 0.224 e. The van der Waals surface area contributed by atoms with Crippen LogP contribution in [0.3, 0.4) is 0 Å². The number of nitrogens with one attached hydrogen (secondary N) is 1. The van der Waals surface area contributed by atoms with Crippen molar-refractivity contribution in [2.24, 2.45) is 0 Å². The molecule has 0 aliphatic heterocycles. The summed E-state index contributed by atoms with van der Waals surface area (Å²) in [6.07, 6.45) is 0.778. The van der Waals surface area contributed by atoms with Crippen LogP contribution in [0.5, 0.6) is 17.2 Å². The number of anilines is 1. The van der Waals surface area contributed by atoms with Gasteiger partial charge in [-0.15, -0.1) is 0 Å². The Morgan fingerprint density at radius 1 is 1.00 bits per heavy atom. The molecular formula is C18H20FNO4. The molecule has 1 amide bonds. The Labute approximate surface area is 140 Å². The van der Waals surface area contributed by atoms with Crippen LogP contribution in [-0.4, -0.2) is 27.2 Å². The summed E-state index contributed by atoms with van der Waals surface area (Å²) in [6.45, 7) is 0. The number of carbonyl (C=O) groups is 1. The first-order valence-corrected chi connectivity index (χ1v) is 7.41. The number of benzene rings is 2. The van der Waals surface area contributed by atoms with E-state index < -0.39 is 0 Å². The molecular weight excluding hydrogens is 313 g/mol. The molecule has 0 aromatic heterocycles. The summed E-state index contributed by atoms with van der Waals surface area (Å²) in [6, 6.07) is 9.27. The molecule has 0 heterocycles. The molecule has 0 aliphatic rings. The van der Waals surface area contributed by atoms with E-state index in [4.69, 9.17) is 14.2 Å². The minimum Gasteiger partial charge on any atom is -0.493 e. The number of methoxy groups -OCH3 is 3. The summed E-state index contributed by atoms with van der Waals surface area (Å²) >= 11 is 0. The molecule has 2 rings (SSSR count). The minimum absolute atomic E-state index is 0.157. The van der Waals surface area contributed by atoms with Crippen LogP contribution >= 0.6 is 0 Å². The van der Waals surface area contributed by atoms with E-state index >= 15 is 0 Å². The van der Waals surface area contributed by atoms with Gasteiger partial charge in [0.25, 0.3) is 0 Å². The normalized spacial score (nSPS) is 10.2. The van der Waals surface area contributed by atoms with Crippen LogP contribution in [0.15, 0.2) is 36.4 Å². The van der Waals surface area contributed by atoms with Gasteiger partial charge in [0.05, 0.1) is 21.3 Å². The van der Waals surface area contributed by atoms with Crippen molar-refractivity contribution in [3.8, 4) is 17.2 Å². The maximum atomic E-state index is 12.9. The van der Waals surface area contributed by atoms with Gasteiger partial charge in [0.2, 0.25) is 11.7 Å². The summed E-state index contributed by atoms with van der Waals surface area (Å²) in [4.78, 5) is 12.0. The zero-order valence-corrected chi connectivity index (χ0v) is 13.9. The molecule has 2 aromatic carbocycles. The van der Waals surface area contributed by atoms with Crippen LogP contribution in [-0.2, 0) is 11.2 Å². The molecule has 1 N–H and O–H groups in total. The van der Waals surface area contributed by atoms with Gasteiger partial charge >= 0.3 is 0 Å². The van der Waals surface area contributed by atoms with E-state index in [1.807, 2.05) is 12.1 Å². The number of amides is 1. The lowest BCUT2D eigenvalue weighted by Gasteiger charge is -2.14. The highest BCUT2D eigenvalue weighted by Crippen LogP contribution is 2.38. The Hall–Kier alpha value is -2.76. The van der Waals surface area contributed by atoms with Gasteiger partial charge in [0, 0.05) is 12.1 Å². The predicted molar refractivity (Wildman–Crippen MR) is 89.4 cm³/mol. The van der Waals surface area contributed by atoms with Gasteiger partial charge in [-0.2, -0.15) is 0 Å². The van der Waals surface area contributed by atoms with E-state index in [9.17, 15) is 9.18 Å². The molecule has 0 aliphatic carbocycles. The van der Waals surface area contributed by atoms with Gasteiger partial charge in [-0.25, -0.2) is 4.39 Å². The van der Waals surface area contributed by atoms with Crippen molar-refractivity contribution in [1.29, 1.82) is 0 Å². The van der Waals surface area contributed by atoms with Crippen LogP contribution in [0.4, 0.5) is 10.1 Å². The van der Waals surface area contributed by atoms with Crippen LogP contribution in [0, 0.1) is 5.82 Å². The fourth-order valence-electron chi connectivity index (χ4n) is 2.29. The number of hydrogen-bond acceptors (Lipinski definition) is 4. The van der Waals surface area contributed by atoms with Crippen molar-refractivity contribution >= 4 is 11.6 Å². The minimum atomic E-state index is -0.342. The van der Waals surface area contributed by atoms with Gasteiger partial charge in [0.15, 0.2) is 11.5 Å². The van der Waals surface area contributed by atoms with Crippen molar-refractivity contribution in [3.05, 3.63) is 47.8 Å². The van der Waals surface area contributed by atoms with Gasteiger partial charge in [0.1, 0.15) is 5.82 Å². The lowest BCUT2D eigenvalue weighted by Crippen LogP contribution is -2.12. The van der Waals surface area contributed by atoms with E-state index in [2.05, 4.69) is 5.32 Å². The third-order valence-corrected chi connectivity index (χ3v) is 3.49. The highest BCUT2D eigenvalue weighted by Gasteiger charge is 2.14. The fraction of sp³-hybridized carbons (Fsp3) is 0.278. The average Bonchev–Trinajstić information content (AvgIpc) is 2.60. The largest absolute Gasteiger partial charge is 0.493 e. The molecule has 128 valence electrons. The SMILES string of the molecule is COc1cc(CCC(=O)Nc2ccc(F)cc2)cc(OC)c1OC. The third-order valence-electron chi connectivity index (χ3n) is 3.49. The Balaban J connectivity index is 2.03. The molecule has 2 aromatic rings. The molecule has 0 saturated carbocycles. The molecule has 6 heteroatoms. The van der Waals surface area contributed by atoms with Crippen molar-refractivity contribution < 1.29 is 23.4 Å². The lowest BCUT2D eigenvalue weighted by molar-refractivity contribution is -0.116. The molecule has 0 spiro atoms. The summed E-state index contributed by atoms with van der Waals surface area (Å²) in [7, 11) is 4.63. The van der Waals surface area contributed by atoms with Gasteiger partial charge in [-0.3, -0.25) is 4.79 Å². The first-order valence-electron chi connectivity index (χ1n) is 7.41. The summed E-state index contributed by atoms with van der Waals surface area (Å²) in [5, 5.41) is 2.73. The van der Waals surface area contributed by atoms with Crippen LogP contribution in [0.2, 0.25) is 0 Å². The molecule has 0 saturated heterocycles. The maximum absolute atomic E-state index is 12.9. The second kappa shape index (κ2) is 8.19. The van der Waals surface area contributed by atoms with E-state index in [0.717, 1.165) is 5.56 Å². The number of halogens is 1. The standard InChI is InChI=1S/C18H20FNO4/c1-22-15-10-12(11-16(23-2)18(15)24-3)4-9-17(21)20-14-7-5-13(19)6-8-14/h5-8,10-11H,4,9H2,1-3H3,(H,20,21). The average molecular weight is 333 g/mol. The van der Waals surface area contributed by atoms with E-state index in [-0.39, 0.29) is 18.1 Å². The quantitative estimate of drug-likeness (QED) is 0.843. The summed E-state index contributed by atoms with van der Waals surface area (Å²) in [5.41, 5.74) is 1.45. The zero-order chi connectivity index (χ0) is 17.5. The van der Waals surface area contributed by atoms with Crippen molar-refractivity contribution in [1.82, 2.24) is 0 Å².